The van der Waals surface area contributed by atoms with Crippen LogP contribution < -0.4 is 4.74 Å². The normalized spacial score (nSPS) is 12.2. The Morgan fingerprint density at radius 2 is 1.46 bits per heavy atom. The molecule has 48 heavy (non-hydrogen) atoms. The molecule has 0 aliphatic heterocycles. The van der Waals surface area contributed by atoms with Crippen LogP contribution in [0.5, 0.6) is 11.5 Å². The molecule has 0 bridgehead atoms. The van der Waals surface area contributed by atoms with Crippen LogP contribution in [0.3, 0.4) is 0 Å². The van der Waals surface area contributed by atoms with Gasteiger partial charge in [0.2, 0.25) is 0 Å². The molecule has 5 heteroatoms. The van der Waals surface area contributed by atoms with E-state index in [0.29, 0.717) is 0 Å². The minimum atomic E-state index is 0.00138. The lowest BCUT2D eigenvalue weighted by Crippen LogP contribution is -2.15. The number of aromatic nitrogens is 4. The Balaban J connectivity index is 1.33. The first kappa shape index (κ1) is 31.4. The van der Waals surface area contributed by atoms with Crippen LogP contribution in [0.4, 0.5) is 0 Å². The van der Waals surface area contributed by atoms with Crippen molar-refractivity contribution in [3.63, 3.8) is 0 Å². The zero-order valence-corrected chi connectivity index (χ0v) is 29.3. The van der Waals surface area contributed by atoms with E-state index in [1.807, 2.05) is 29.1 Å². The predicted octanol–water partition coefficient (Wildman–Crippen LogP) is 11.4. The molecule has 0 saturated heterocycles. The van der Waals surface area contributed by atoms with E-state index in [9.17, 15) is 0 Å². The summed E-state index contributed by atoms with van der Waals surface area (Å²) in [6, 6.07) is 36.3. The second-order valence-corrected chi connectivity index (χ2v) is 14.6. The smallest absolute Gasteiger partial charge is 0.137 e. The summed E-state index contributed by atoms with van der Waals surface area (Å²) >= 11 is 0. The molecule has 0 unspecified atom stereocenters. The van der Waals surface area contributed by atoms with Gasteiger partial charge in [-0.25, -0.2) is 9.67 Å². The first-order valence-corrected chi connectivity index (χ1v) is 16.9. The van der Waals surface area contributed by atoms with Crippen molar-refractivity contribution in [2.75, 3.05) is 0 Å². The zero-order valence-electron chi connectivity index (χ0n) is 29.3. The third-order valence-electron chi connectivity index (χ3n) is 9.90. The number of rotatable bonds is 7. The van der Waals surface area contributed by atoms with Gasteiger partial charge in [0.1, 0.15) is 17.3 Å². The van der Waals surface area contributed by atoms with Crippen molar-refractivity contribution in [2.45, 2.75) is 72.6 Å². The van der Waals surface area contributed by atoms with Crippen LogP contribution in [0, 0.1) is 13.8 Å². The molecular weight excluding hydrogens is 589 g/mol. The molecule has 3 aromatic heterocycles. The maximum absolute atomic E-state index is 6.60. The fourth-order valence-corrected chi connectivity index (χ4v) is 6.67. The lowest BCUT2D eigenvalue weighted by Gasteiger charge is -2.23. The van der Waals surface area contributed by atoms with Crippen molar-refractivity contribution >= 4 is 21.8 Å². The molecule has 7 aromatic rings. The summed E-state index contributed by atoms with van der Waals surface area (Å²) in [5.41, 5.74) is 10.2. The van der Waals surface area contributed by atoms with Gasteiger partial charge in [0.05, 0.1) is 22.4 Å². The fraction of sp³-hybridized carbons (Fsp3) is 0.256. The van der Waals surface area contributed by atoms with Crippen molar-refractivity contribution in [1.29, 1.82) is 0 Å². The zero-order chi connectivity index (χ0) is 33.8. The van der Waals surface area contributed by atoms with E-state index < -0.39 is 0 Å². The molecule has 0 saturated carbocycles. The summed E-state index contributed by atoms with van der Waals surface area (Å²) in [6.45, 7) is 17.8. The lowest BCUT2D eigenvalue weighted by atomic mass is 9.82. The van der Waals surface area contributed by atoms with Crippen molar-refractivity contribution < 1.29 is 4.74 Å². The van der Waals surface area contributed by atoms with Gasteiger partial charge in [-0.05, 0) is 96.3 Å². The van der Waals surface area contributed by atoms with Crippen LogP contribution in [0.1, 0.15) is 70.5 Å². The Labute approximate surface area is 283 Å². The summed E-state index contributed by atoms with van der Waals surface area (Å²) in [4.78, 5) is 4.89. The predicted molar refractivity (Wildman–Crippen MR) is 199 cm³/mol. The standard InChI is InChI=1S/C43H44N4O/c1-9-43(7,8)32-18-21-38-37(24-32)36-20-19-35(27-39(36)46(38)40-25-31(22-23-44-40)42(4,5)6)48-34-17-13-16-33(26-34)47-29(3)41(28(2)45-47)30-14-11-10-12-15-30/h10-27H,9H2,1-8H3. The Bertz CT molecular complexity index is 2280. The monoisotopic (exact) mass is 632 g/mol. The average Bonchev–Trinajstić information content (AvgIpc) is 3.57. The van der Waals surface area contributed by atoms with Gasteiger partial charge in [-0.15, -0.1) is 0 Å². The molecule has 242 valence electrons. The SMILES string of the molecule is CCC(C)(C)c1ccc2c(c1)c1ccc(Oc3cccc(-n4nc(C)c(-c5ccccc5)c4C)c3)cc1n2-c1cc(C(C)(C)C)ccn1. The highest BCUT2D eigenvalue weighted by Crippen LogP contribution is 2.39. The van der Waals surface area contributed by atoms with E-state index in [0.717, 1.165) is 57.4 Å². The van der Waals surface area contributed by atoms with E-state index >= 15 is 0 Å². The van der Waals surface area contributed by atoms with Gasteiger partial charge in [0, 0.05) is 40.4 Å². The lowest BCUT2D eigenvalue weighted by molar-refractivity contribution is 0.482. The summed E-state index contributed by atoms with van der Waals surface area (Å²) in [6.07, 6.45) is 2.99. The molecule has 0 aliphatic carbocycles. The van der Waals surface area contributed by atoms with Crippen molar-refractivity contribution in [1.82, 2.24) is 19.3 Å². The molecule has 3 heterocycles. The Hall–Kier alpha value is -5.16. The summed E-state index contributed by atoms with van der Waals surface area (Å²) < 4.78 is 10.9. The maximum atomic E-state index is 6.60. The van der Waals surface area contributed by atoms with E-state index in [1.165, 1.54) is 27.5 Å². The number of nitrogens with zero attached hydrogens (tertiary/aromatic N) is 4. The largest absolute Gasteiger partial charge is 0.457 e. The van der Waals surface area contributed by atoms with Crippen LogP contribution in [-0.2, 0) is 10.8 Å². The first-order valence-electron chi connectivity index (χ1n) is 16.9. The van der Waals surface area contributed by atoms with Crippen LogP contribution in [0.15, 0.2) is 109 Å². The topological polar surface area (TPSA) is 44.9 Å². The number of hydrogen-bond donors (Lipinski definition) is 0. The number of ether oxygens (including phenoxy) is 1. The molecule has 0 spiro atoms. The van der Waals surface area contributed by atoms with Crippen molar-refractivity contribution in [2.24, 2.45) is 0 Å². The van der Waals surface area contributed by atoms with Crippen molar-refractivity contribution in [3.8, 4) is 34.1 Å². The molecule has 0 atom stereocenters. The summed E-state index contributed by atoms with van der Waals surface area (Å²) in [7, 11) is 0. The molecule has 0 aliphatic rings. The van der Waals surface area contributed by atoms with Gasteiger partial charge in [0.15, 0.2) is 0 Å². The number of hydrogen-bond acceptors (Lipinski definition) is 3. The number of fused-ring (bicyclic) bond motifs is 3. The quantitative estimate of drug-likeness (QED) is 0.176. The fourth-order valence-electron chi connectivity index (χ4n) is 6.67. The molecule has 0 amide bonds. The molecule has 0 fully saturated rings. The molecule has 0 N–H and O–H groups in total. The summed E-state index contributed by atoms with van der Waals surface area (Å²) in [5.74, 6) is 2.43. The van der Waals surface area contributed by atoms with Gasteiger partial charge in [-0.3, -0.25) is 4.57 Å². The third-order valence-corrected chi connectivity index (χ3v) is 9.90. The minimum Gasteiger partial charge on any atom is -0.457 e. The highest BCUT2D eigenvalue weighted by Gasteiger charge is 2.22. The van der Waals surface area contributed by atoms with Crippen LogP contribution >= 0.6 is 0 Å². The summed E-state index contributed by atoms with van der Waals surface area (Å²) in [5, 5.41) is 7.32. The van der Waals surface area contributed by atoms with Crippen molar-refractivity contribution in [3.05, 3.63) is 132 Å². The number of pyridine rings is 1. The molecule has 0 radical (unpaired) electrons. The maximum Gasteiger partial charge on any atom is 0.137 e. The van der Waals surface area contributed by atoms with Gasteiger partial charge in [-0.2, -0.15) is 5.10 Å². The molecule has 4 aromatic carbocycles. The van der Waals surface area contributed by atoms with Crippen LogP contribution in [-0.4, -0.2) is 19.3 Å². The molecular formula is C43H44N4O. The number of benzene rings is 4. The second-order valence-electron chi connectivity index (χ2n) is 14.6. The Kier molecular flexibility index (Phi) is 7.74. The molecule has 5 nitrogen and oxygen atoms in total. The number of aryl methyl sites for hydroxylation is 1. The van der Waals surface area contributed by atoms with E-state index in [4.69, 9.17) is 14.8 Å². The van der Waals surface area contributed by atoms with Gasteiger partial charge >= 0.3 is 0 Å². The Morgan fingerprint density at radius 3 is 2.21 bits per heavy atom. The minimum absolute atomic E-state index is 0.00138. The van der Waals surface area contributed by atoms with Crippen LogP contribution in [0.25, 0.3) is 44.4 Å². The van der Waals surface area contributed by atoms with Gasteiger partial charge in [0.25, 0.3) is 0 Å². The highest BCUT2D eigenvalue weighted by molar-refractivity contribution is 6.09. The van der Waals surface area contributed by atoms with E-state index in [2.05, 4.69) is 145 Å². The molecule has 7 rings (SSSR count). The Morgan fingerprint density at radius 1 is 0.688 bits per heavy atom. The van der Waals surface area contributed by atoms with E-state index in [1.54, 1.807) is 0 Å². The van der Waals surface area contributed by atoms with Crippen LogP contribution in [0.2, 0.25) is 0 Å². The first-order chi connectivity index (χ1) is 22.9. The third kappa shape index (κ3) is 5.57. The average molecular weight is 633 g/mol. The second kappa shape index (κ2) is 11.8. The van der Waals surface area contributed by atoms with Gasteiger partial charge in [-0.1, -0.05) is 84.0 Å². The highest BCUT2D eigenvalue weighted by atomic mass is 16.5. The van der Waals surface area contributed by atoms with E-state index in [-0.39, 0.29) is 10.8 Å². The van der Waals surface area contributed by atoms with Gasteiger partial charge < -0.3 is 4.74 Å².